The Kier molecular flexibility index (Phi) is 7.45. The van der Waals surface area contributed by atoms with E-state index in [-0.39, 0.29) is 5.88 Å². The molecule has 5 nitrogen and oxygen atoms in total. The highest BCUT2D eigenvalue weighted by Gasteiger charge is 2.28. The van der Waals surface area contributed by atoms with Crippen molar-refractivity contribution >= 4 is 5.96 Å². The minimum Gasteiger partial charge on any atom is -0.468 e. The molecule has 0 bridgehead atoms. The third-order valence-electron chi connectivity index (χ3n) is 3.81. The molecule has 2 aromatic rings. The number of hydrogen-bond donors (Lipinski definition) is 2. The topological polar surface area (TPSA) is 58.5 Å². The van der Waals surface area contributed by atoms with Crippen LogP contribution >= 0.6 is 0 Å². The zero-order chi connectivity index (χ0) is 19.7. The summed E-state index contributed by atoms with van der Waals surface area (Å²) in [5.74, 6) is 0.891. The summed E-state index contributed by atoms with van der Waals surface area (Å²) in [5.41, 5.74) is 2.03. The minimum absolute atomic E-state index is 0.0599. The number of benzene rings is 1. The number of nitrogens with zero attached hydrogens (tertiary/aromatic N) is 2. The van der Waals surface area contributed by atoms with E-state index in [0.29, 0.717) is 25.0 Å². The summed E-state index contributed by atoms with van der Waals surface area (Å²) in [6.07, 6.45) is -2.91. The average Bonchev–Trinajstić information content (AvgIpc) is 2.67. The van der Waals surface area contributed by atoms with E-state index in [1.165, 1.54) is 17.8 Å². The number of rotatable bonds is 7. The highest BCUT2D eigenvalue weighted by atomic mass is 19.4. The van der Waals surface area contributed by atoms with Gasteiger partial charge in [0.1, 0.15) is 0 Å². The summed E-state index contributed by atoms with van der Waals surface area (Å²) < 4.78 is 41.0. The maximum Gasteiger partial charge on any atom is 0.422 e. The lowest BCUT2D eigenvalue weighted by molar-refractivity contribution is -0.154. The van der Waals surface area contributed by atoms with E-state index in [1.807, 2.05) is 18.2 Å². The van der Waals surface area contributed by atoms with Gasteiger partial charge in [-0.1, -0.05) is 43.3 Å². The average molecular weight is 380 g/mol. The number of aliphatic imine (C=N–C) groups is 1. The zero-order valence-corrected chi connectivity index (χ0v) is 15.3. The molecular weight excluding hydrogens is 357 g/mol. The highest BCUT2D eigenvalue weighted by molar-refractivity contribution is 5.79. The molecule has 0 saturated heterocycles. The molecule has 1 heterocycles. The molecule has 0 amide bonds. The molecule has 0 aliphatic rings. The van der Waals surface area contributed by atoms with Gasteiger partial charge in [-0.05, 0) is 17.0 Å². The van der Waals surface area contributed by atoms with Crippen LogP contribution in [0.1, 0.15) is 24.0 Å². The van der Waals surface area contributed by atoms with Crippen molar-refractivity contribution in [3.8, 4) is 5.88 Å². The zero-order valence-electron chi connectivity index (χ0n) is 15.3. The SMILES string of the molecule is CN=C(NCc1ccc(OCC(F)(F)F)nc1)NCC(C)c1ccccc1. The molecule has 8 heteroatoms. The van der Waals surface area contributed by atoms with Crippen LogP contribution in [0.3, 0.4) is 0 Å². The van der Waals surface area contributed by atoms with Crippen molar-refractivity contribution in [2.75, 3.05) is 20.2 Å². The molecule has 1 unspecified atom stereocenters. The molecule has 0 aliphatic carbocycles. The number of nitrogens with one attached hydrogen (secondary N) is 2. The van der Waals surface area contributed by atoms with Crippen LogP contribution < -0.4 is 15.4 Å². The summed E-state index contributed by atoms with van der Waals surface area (Å²) in [6, 6.07) is 13.2. The van der Waals surface area contributed by atoms with E-state index in [0.717, 1.165) is 5.56 Å². The largest absolute Gasteiger partial charge is 0.468 e. The molecule has 2 N–H and O–H groups in total. The molecule has 27 heavy (non-hydrogen) atoms. The van der Waals surface area contributed by atoms with Crippen molar-refractivity contribution in [3.05, 3.63) is 59.8 Å². The van der Waals surface area contributed by atoms with Gasteiger partial charge in [-0.25, -0.2) is 4.98 Å². The minimum atomic E-state index is -4.38. The fourth-order valence-corrected chi connectivity index (χ4v) is 2.31. The summed E-state index contributed by atoms with van der Waals surface area (Å²) >= 11 is 0. The quantitative estimate of drug-likeness (QED) is 0.570. The Hall–Kier alpha value is -2.77. The number of ether oxygens (including phenoxy) is 1. The van der Waals surface area contributed by atoms with Crippen molar-refractivity contribution in [1.29, 1.82) is 0 Å². The van der Waals surface area contributed by atoms with Gasteiger partial charge >= 0.3 is 6.18 Å². The van der Waals surface area contributed by atoms with Crippen molar-refractivity contribution < 1.29 is 17.9 Å². The molecule has 1 aromatic carbocycles. The van der Waals surface area contributed by atoms with Gasteiger partial charge in [0, 0.05) is 32.4 Å². The first-order valence-electron chi connectivity index (χ1n) is 8.51. The first-order valence-corrected chi connectivity index (χ1v) is 8.51. The Morgan fingerprint density at radius 1 is 1.15 bits per heavy atom. The van der Waals surface area contributed by atoms with E-state index in [2.05, 4.69) is 44.4 Å². The van der Waals surface area contributed by atoms with Gasteiger partial charge in [0.05, 0.1) is 0 Å². The molecule has 0 saturated carbocycles. The second-order valence-corrected chi connectivity index (χ2v) is 6.03. The van der Waals surface area contributed by atoms with Crippen LogP contribution in [0.5, 0.6) is 5.88 Å². The number of alkyl halides is 3. The number of hydrogen-bond acceptors (Lipinski definition) is 3. The summed E-state index contributed by atoms with van der Waals surface area (Å²) in [5, 5.41) is 6.40. The molecule has 0 aliphatic heterocycles. The van der Waals surface area contributed by atoms with Crippen LogP contribution in [0.2, 0.25) is 0 Å². The van der Waals surface area contributed by atoms with Gasteiger partial charge in [-0.3, -0.25) is 4.99 Å². The third kappa shape index (κ3) is 7.55. The van der Waals surface area contributed by atoms with Crippen LogP contribution in [0.4, 0.5) is 13.2 Å². The predicted molar refractivity (Wildman–Crippen MR) is 98.8 cm³/mol. The second-order valence-electron chi connectivity index (χ2n) is 6.03. The van der Waals surface area contributed by atoms with Crippen molar-refractivity contribution in [3.63, 3.8) is 0 Å². The molecule has 0 spiro atoms. The van der Waals surface area contributed by atoms with Gasteiger partial charge in [0.2, 0.25) is 5.88 Å². The number of aromatic nitrogens is 1. The maximum absolute atomic E-state index is 12.1. The summed E-state index contributed by atoms with van der Waals surface area (Å²) in [6.45, 7) is 1.92. The summed E-state index contributed by atoms with van der Waals surface area (Å²) in [7, 11) is 1.68. The van der Waals surface area contributed by atoms with Gasteiger partial charge in [-0.15, -0.1) is 0 Å². The standard InChI is InChI=1S/C19H23F3N4O/c1-14(16-6-4-3-5-7-16)10-25-18(23-2)26-12-15-8-9-17(24-11-15)27-13-19(20,21)22/h3-9,11,14H,10,12-13H2,1-2H3,(H2,23,25,26). The van der Waals surface area contributed by atoms with E-state index < -0.39 is 12.8 Å². The number of guanidine groups is 1. The lowest BCUT2D eigenvalue weighted by atomic mass is 10.0. The Morgan fingerprint density at radius 3 is 2.48 bits per heavy atom. The fraction of sp³-hybridized carbons (Fsp3) is 0.368. The fourth-order valence-electron chi connectivity index (χ4n) is 2.31. The Bertz CT molecular complexity index is 718. The lowest BCUT2D eigenvalue weighted by Gasteiger charge is -2.16. The first kappa shape index (κ1) is 20.5. The smallest absolute Gasteiger partial charge is 0.422 e. The second kappa shape index (κ2) is 9.80. The molecule has 2 rings (SSSR count). The predicted octanol–water partition coefficient (Wildman–Crippen LogP) is 3.49. The molecule has 0 fully saturated rings. The maximum atomic E-state index is 12.1. The van der Waals surface area contributed by atoms with Crippen LogP contribution in [0, 0.1) is 0 Å². The Labute approximate surface area is 156 Å². The number of pyridine rings is 1. The van der Waals surface area contributed by atoms with E-state index >= 15 is 0 Å². The van der Waals surface area contributed by atoms with Crippen LogP contribution in [0.25, 0.3) is 0 Å². The highest BCUT2D eigenvalue weighted by Crippen LogP contribution is 2.17. The van der Waals surface area contributed by atoms with Crippen molar-refractivity contribution in [1.82, 2.24) is 15.6 Å². The van der Waals surface area contributed by atoms with Crippen molar-refractivity contribution in [2.45, 2.75) is 25.6 Å². The normalized spacial score (nSPS) is 13.1. The van der Waals surface area contributed by atoms with Gasteiger partial charge in [0.25, 0.3) is 0 Å². The lowest BCUT2D eigenvalue weighted by Crippen LogP contribution is -2.38. The first-order chi connectivity index (χ1) is 12.9. The van der Waals surface area contributed by atoms with E-state index in [9.17, 15) is 13.2 Å². The van der Waals surface area contributed by atoms with Gasteiger partial charge in [-0.2, -0.15) is 13.2 Å². The van der Waals surface area contributed by atoms with Crippen LogP contribution in [0.15, 0.2) is 53.7 Å². The van der Waals surface area contributed by atoms with Crippen molar-refractivity contribution in [2.24, 2.45) is 4.99 Å². The molecule has 1 aromatic heterocycles. The number of halogens is 3. The summed E-state index contributed by atoms with van der Waals surface area (Å²) in [4.78, 5) is 8.04. The molecule has 1 atom stereocenters. The monoisotopic (exact) mass is 380 g/mol. The van der Waals surface area contributed by atoms with E-state index in [1.54, 1.807) is 13.1 Å². The van der Waals surface area contributed by atoms with Gasteiger partial charge in [0.15, 0.2) is 12.6 Å². The van der Waals surface area contributed by atoms with Gasteiger partial charge < -0.3 is 15.4 Å². The molecule has 146 valence electrons. The Morgan fingerprint density at radius 2 is 1.89 bits per heavy atom. The third-order valence-corrected chi connectivity index (χ3v) is 3.81. The molecule has 0 radical (unpaired) electrons. The Balaban J connectivity index is 1.78. The van der Waals surface area contributed by atoms with E-state index in [4.69, 9.17) is 0 Å². The molecular formula is C19H23F3N4O. The van der Waals surface area contributed by atoms with Crippen LogP contribution in [-0.4, -0.2) is 37.3 Å². The van der Waals surface area contributed by atoms with Crippen LogP contribution in [-0.2, 0) is 6.54 Å².